The molecule has 3 unspecified atom stereocenters. The van der Waals surface area contributed by atoms with Crippen molar-refractivity contribution in [3.05, 3.63) is 77.9 Å². The van der Waals surface area contributed by atoms with Crippen molar-refractivity contribution in [2.75, 3.05) is 84.7 Å². The van der Waals surface area contributed by atoms with Crippen molar-refractivity contribution in [3.8, 4) is 0 Å². The standard InChI is InChI=1S/C29H40N8O.C27H36N8O/c1-3-21(2)36-15-13-35(14-16-36)19-22-7-10-25(30-17-22)33-28-31-18-23-8-9-24-27(38)32-20-29(11-5-4-6-12-29)37(24)26(23)34-28;1-18-15-34(16-19(2)33(18)3)21-8-10-23(28-14-21)31-26-29-13-20-7-9-22-25(36)30-17-27(11-5-4-6-12-27)35(22)24(20)32-26/h7-10,17-18,21,24H,3-6,11-16,19-20H2,1-2H3,(H,32,38)(H,30,31,33,34);7-10,13-14,18-19,22H,4-6,11-12,15-17H2,1-3H3,(H,30,36)(H,28,29,31,32)/t;18-,19+,22?. The van der Waals surface area contributed by atoms with Crippen LogP contribution in [0.15, 0.2) is 61.2 Å². The topological polar surface area (TPSA) is 179 Å². The number of hydrogen-bond acceptors (Lipinski definition) is 16. The Kier molecular flexibility index (Phi) is 14.3. The van der Waals surface area contributed by atoms with Gasteiger partial charge in [-0.15, -0.1) is 0 Å². The van der Waals surface area contributed by atoms with Gasteiger partial charge in [0.15, 0.2) is 0 Å². The Morgan fingerprint density at radius 1 is 0.662 bits per heavy atom. The van der Waals surface area contributed by atoms with Gasteiger partial charge >= 0.3 is 0 Å². The van der Waals surface area contributed by atoms with E-state index in [1.807, 2.05) is 61.2 Å². The number of aromatic nitrogens is 6. The van der Waals surface area contributed by atoms with Gasteiger partial charge in [0.2, 0.25) is 23.7 Å². The summed E-state index contributed by atoms with van der Waals surface area (Å²) >= 11 is 0. The first kappa shape index (κ1) is 49.9. The highest BCUT2D eigenvalue weighted by atomic mass is 16.2. The van der Waals surface area contributed by atoms with Gasteiger partial charge in [-0.2, -0.15) is 9.97 Å². The van der Waals surface area contributed by atoms with Crippen molar-refractivity contribution in [1.29, 1.82) is 0 Å². The molecule has 18 heteroatoms. The van der Waals surface area contributed by atoms with Gasteiger partial charge in [-0.25, -0.2) is 19.9 Å². The van der Waals surface area contributed by atoms with Crippen LogP contribution in [0.3, 0.4) is 0 Å². The minimum absolute atomic E-state index is 0.0472. The third-order valence-corrected chi connectivity index (χ3v) is 17.6. The maximum Gasteiger partial charge on any atom is 0.246 e. The van der Waals surface area contributed by atoms with E-state index in [1.165, 1.54) is 50.5 Å². The summed E-state index contributed by atoms with van der Waals surface area (Å²) in [6.07, 6.45) is 28.2. The van der Waals surface area contributed by atoms with Crippen molar-refractivity contribution in [1.82, 2.24) is 55.2 Å². The van der Waals surface area contributed by atoms with Crippen LogP contribution in [0.2, 0.25) is 0 Å². The maximum atomic E-state index is 12.8. The summed E-state index contributed by atoms with van der Waals surface area (Å²) in [7, 11) is 2.20. The van der Waals surface area contributed by atoms with Crippen LogP contribution in [-0.2, 0) is 16.1 Å². The van der Waals surface area contributed by atoms with Crippen LogP contribution in [0, 0.1) is 0 Å². The average molecular weight is 1010 g/mol. The molecule has 392 valence electrons. The van der Waals surface area contributed by atoms with E-state index in [9.17, 15) is 9.59 Å². The highest BCUT2D eigenvalue weighted by molar-refractivity contribution is 5.94. The highest BCUT2D eigenvalue weighted by Crippen LogP contribution is 2.45. The Labute approximate surface area is 436 Å². The normalized spacial score (nSPS) is 25.7. The predicted octanol–water partition coefficient (Wildman–Crippen LogP) is 6.74. The highest BCUT2D eigenvalue weighted by Gasteiger charge is 2.50. The number of amides is 2. The minimum Gasteiger partial charge on any atom is -0.367 e. The third-order valence-electron chi connectivity index (χ3n) is 17.6. The van der Waals surface area contributed by atoms with Crippen LogP contribution in [-0.4, -0.2) is 157 Å². The molecule has 0 aromatic carbocycles. The molecule has 2 spiro atoms. The van der Waals surface area contributed by atoms with Crippen molar-refractivity contribution >= 4 is 64.8 Å². The molecule has 0 radical (unpaired) electrons. The summed E-state index contributed by atoms with van der Waals surface area (Å²) in [6, 6.07) is 9.27. The van der Waals surface area contributed by atoms with E-state index in [2.05, 4.69) is 117 Å². The van der Waals surface area contributed by atoms with Crippen molar-refractivity contribution < 1.29 is 9.59 Å². The molecule has 10 heterocycles. The molecular weight excluding hydrogens is 929 g/mol. The second kappa shape index (κ2) is 21.2. The number of piperazine rings is 4. The van der Waals surface area contributed by atoms with E-state index in [0.717, 1.165) is 106 Å². The summed E-state index contributed by atoms with van der Waals surface area (Å²) in [5, 5.41) is 12.9. The molecule has 5 atom stereocenters. The quantitative estimate of drug-likeness (QED) is 0.138. The number of nitrogens with one attached hydrogen (secondary N) is 4. The number of likely N-dealkylation sites (N-methyl/N-ethyl adjacent to an activating group) is 1. The fourth-order valence-electron chi connectivity index (χ4n) is 12.9. The summed E-state index contributed by atoms with van der Waals surface area (Å²) in [4.78, 5) is 68.4. The molecule has 4 saturated heterocycles. The zero-order valence-corrected chi connectivity index (χ0v) is 44.1. The number of carbonyl (C=O) groups is 2. The van der Waals surface area contributed by atoms with Crippen molar-refractivity contribution in [3.63, 3.8) is 0 Å². The summed E-state index contributed by atoms with van der Waals surface area (Å²) in [5.41, 5.74) is 4.09. The van der Waals surface area contributed by atoms with Crippen LogP contribution in [0.5, 0.6) is 0 Å². The van der Waals surface area contributed by atoms with Gasteiger partial charge in [0, 0.05) is 107 Å². The molecule has 12 rings (SSSR count). The number of hydrogen-bond donors (Lipinski definition) is 4. The van der Waals surface area contributed by atoms with Gasteiger partial charge in [0.1, 0.15) is 35.4 Å². The van der Waals surface area contributed by atoms with Gasteiger partial charge < -0.3 is 36.0 Å². The molecule has 2 saturated carbocycles. The fraction of sp³-hybridized carbons (Fsp3) is 0.571. The zero-order valence-electron chi connectivity index (χ0n) is 44.1. The average Bonchev–Trinajstić information content (AvgIpc) is 3.43. The van der Waals surface area contributed by atoms with E-state index < -0.39 is 0 Å². The Balaban J connectivity index is 0.000000159. The first-order valence-corrected chi connectivity index (χ1v) is 27.6. The molecular formula is C56H76N16O2. The number of rotatable bonds is 9. The summed E-state index contributed by atoms with van der Waals surface area (Å²) < 4.78 is 0. The van der Waals surface area contributed by atoms with Gasteiger partial charge in [0.05, 0.1) is 23.0 Å². The first-order valence-electron chi connectivity index (χ1n) is 27.6. The molecule has 74 heavy (non-hydrogen) atoms. The van der Waals surface area contributed by atoms with Gasteiger partial charge in [0.25, 0.3) is 0 Å². The fourth-order valence-corrected chi connectivity index (χ4v) is 12.9. The SMILES string of the molecule is CCC(C)N1CCN(Cc2ccc(Nc3ncc4c(n3)N3C(C=C4)C(=O)NCC34CCCCC4)nc2)CC1.C[C@@H]1CN(c2ccc(Nc3ncc4c(n3)N3C(C=C4)C(=O)NCC34CCCCC4)nc2)C[C@H](C)N1C. The minimum atomic E-state index is -0.321. The molecule has 0 bridgehead atoms. The smallest absolute Gasteiger partial charge is 0.246 e. The lowest BCUT2D eigenvalue weighted by molar-refractivity contribution is -0.124. The molecule has 4 aromatic heterocycles. The second-order valence-corrected chi connectivity index (χ2v) is 22.3. The summed E-state index contributed by atoms with van der Waals surface area (Å²) in [5.74, 6) is 4.23. The first-order chi connectivity index (χ1) is 36.0. The molecule has 4 aromatic rings. The number of nitrogens with zero attached hydrogens (tertiary/aromatic N) is 12. The number of anilines is 7. The van der Waals surface area contributed by atoms with E-state index >= 15 is 0 Å². The van der Waals surface area contributed by atoms with E-state index in [4.69, 9.17) is 9.97 Å². The molecule has 4 N–H and O–H groups in total. The second-order valence-electron chi connectivity index (χ2n) is 22.3. The van der Waals surface area contributed by atoms with E-state index in [0.29, 0.717) is 48.9 Å². The molecule has 2 aliphatic carbocycles. The maximum absolute atomic E-state index is 12.8. The number of fused-ring (bicyclic) bond motifs is 8. The number of pyridine rings is 2. The van der Waals surface area contributed by atoms with Gasteiger partial charge in [-0.1, -0.05) is 75.8 Å². The van der Waals surface area contributed by atoms with E-state index in [1.54, 1.807) is 0 Å². The Morgan fingerprint density at radius 2 is 1.18 bits per heavy atom. The largest absolute Gasteiger partial charge is 0.367 e. The molecule has 6 fully saturated rings. The van der Waals surface area contributed by atoms with Crippen molar-refractivity contribution in [2.45, 2.75) is 146 Å². The monoisotopic (exact) mass is 1000 g/mol. The zero-order chi connectivity index (χ0) is 51.0. The van der Waals surface area contributed by atoms with E-state index in [-0.39, 0.29) is 35.0 Å². The Morgan fingerprint density at radius 3 is 1.65 bits per heavy atom. The molecule has 8 aliphatic rings. The van der Waals surface area contributed by atoms with Crippen LogP contribution < -0.4 is 36.0 Å². The Bertz CT molecular complexity index is 2680. The third kappa shape index (κ3) is 10.0. The van der Waals surface area contributed by atoms with Crippen molar-refractivity contribution in [2.24, 2.45) is 0 Å². The van der Waals surface area contributed by atoms with Gasteiger partial charge in [-0.3, -0.25) is 24.3 Å². The van der Waals surface area contributed by atoms with Crippen LogP contribution in [0.4, 0.5) is 40.9 Å². The molecule has 18 nitrogen and oxygen atoms in total. The Hall–Kier alpha value is -6.24. The lowest BCUT2D eigenvalue weighted by atomic mass is 9.77. The van der Waals surface area contributed by atoms with Crippen LogP contribution >= 0.6 is 0 Å². The summed E-state index contributed by atoms with van der Waals surface area (Å²) in [6.45, 7) is 17.8. The number of carbonyl (C=O) groups excluding carboxylic acids is 2. The van der Waals surface area contributed by atoms with Crippen LogP contribution in [0.1, 0.15) is 115 Å². The lowest BCUT2D eigenvalue weighted by Crippen LogP contribution is -2.69. The molecule has 2 amide bonds. The predicted molar refractivity (Wildman–Crippen MR) is 293 cm³/mol. The van der Waals surface area contributed by atoms with Gasteiger partial charge in [-0.05, 0) is 83.7 Å². The molecule has 6 aliphatic heterocycles. The van der Waals surface area contributed by atoms with Crippen LogP contribution in [0.25, 0.3) is 12.2 Å². The lowest BCUT2D eigenvalue weighted by Gasteiger charge is -2.54.